The van der Waals surface area contributed by atoms with Crippen LogP contribution in [0, 0.1) is 0 Å². The molecule has 7 nitrogen and oxygen atoms in total. The topological polar surface area (TPSA) is 86.2 Å². The SMILES string of the molecule is COc1cc(NC(C)=O)cc(Oc2ncccc2-c2ncccn2)c1. The molecular formula is C18H16N4O3. The van der Waals surface area contributed by atoms with Gasteiger partial charge in [-0.15, -0.1) is 0 Å². The molecule has 0 radical (unpaired) electrons. The molecule has 0 atom stereocenters. The van der Waals surface area contributed by atoms with Crippen molar-refractivity contribution in [3.05, 3.63) is 55.0 Å². The fourth-order valence-corrected chi connectivity index (χ4v) is 2.22. The number of hydrogen-bond acceptors (Lipinski definition) is 6. The standard InChI is InChI=1S/C18H16N4O3/c1-12(23)22-13-9-14(24-2)11-15(10-13)25-18-16(5-3-6-21-18)17-19-7-4-8-20-17/h3-11H,1-2H3,(H,22,23). The minimum atomic E-state index is -0.185. The third-order valence-corrected chi connectivity index (χ3v) is 3.23. The van der Waals surface area contributed by atoms with E-state index >= 15 is 0 Å². The molecule has 3 aromatic rings. The molecule has 25 heavy (non-hydrogen) atoms. The number of amides is 1. The van der Waals surface area contributed by atoms with Crippen molar-refractivity contribution in [1.29, 1.82) is 0 Å². The Bertz CT molecular complexity index is 884. The molecule has 7 heteroatoms. The lowest BCUT2D eigenvalue weighted by molar-refractivity contribution is -0.114. The lowest BCUT2D eigenvalue weighted by Gasteiger charge is -2.12. The van der Waals surface area contributed by atoms with Gasteiger partial charge < -0.3 is 14.8 Å². The Morgan fingerprint density at radius 2 is 1.72 bits per heavy atom. The summed E-state index contributed by atoms with van der Waals surface area (Å²) in [6.07, 6.45) is 4.93. The van der Waals surface area contributed by atoms with Crippen LogP contribution >= 0.6 is 0 Å². The first kappa shape index (κ1) is 16.4. The van der Waals surface area contributed by atoms with Gasteiger partial charge in [0.05, 0.1) is 12.7 Å². The Balaban J connectivity index is 1.97. The van der Waals surface area contributed by atoms with Crippen molar-refractivity contribution >= 4 is 11.6 Å². The summed E-state index contributed by atoms with van der Waals surface area (Å²) < 4.78 is 11.2. The van der Waals surface area contributed by atoms with E-state index in [2.05, 4.69) is 20.3 Å². The molecule has 0 saturated heterocycles. The molecule has 0 aliphatic heterocycles. The van der Waals surface area contributed by atoms with Crippen LogP contribution in [-0.2, 0) is 4.79 Å². The minimum absolute atomic E-state index is 0.185. The van der Waals surface area contributed by atoms with E-state index in [9.17, 15) is 4.79 Å². The Labute approximate surface area is 144 Å². The number of nitrogens with one attached hydrogen (secondary N) is 1. The maximum Gasteiger partial charge on any atom is 0.230 e. The van der Waals surface area contributed by atoms with Crippen LogP contribution in [0.1, 0.15) is 6.92 Å². The molecule has 0 saturated carbocycles. The number of nitrogens with zero attached hydrogens (tertiary/aromatic N) is 3. The van der Waals surface area contributed by atoms with Crippen LogP contribution in [0.4, 0.5) is 5.69 Å². The van der Waals surface area contributed by atoms with Gasteiger partial charge in [0.25, 0.3) is 0 Å². The lowest BCUT2D eigenvalue weighted by Crippen LogP contribution is -2.06. The second-order valence-corrected chi connectivity index (χ2v) is 5.11. The molecule has 126 valence electrons. The number of carbonyl (C=O) groups is 1. The summed E-state index contributed by atoms with van der Waals surface area (Å²) in [6, 6.07) is 10.4. The molecule has 0 aliphatic rings. The van der Waals surface area contributed by atoms with Crippen molar-refractivity contribution in [3.8, 4) is 28.8 Å². The van der Waals surface area contributed by atoms with Gasteiger partial charge in [-0.05, 0) is 18.2 Å². The van der Waals surface area contributed by atoms with Gasteiger partial charge in [0.2, 0.25) is 11.8 Å². The summed E-state index contributed by atoms with van der Waals surface area (Å²) >= 11 is 0. The molecule has 0 aliphatic carbocycles. The zero-order valence-corrected chi connectivity index (χ0v) is 13.8. The zero-order valence-electron chi connectivity index (χ0n) is 13.8. The summed E-state index contributed by atoms with van der Waals surface area (Å²) in [7, 11) is 1.54. The van der Waals surface area contributed by atoms with Crippen molar-refractivity contribution in [2.75, 3.05) is 12.4 Å². The number of rotatable bonds is 5. The first-order valence-corrected chi connectivity index (χ1v) is 7.52. The normalized spacial score (nSPS) is 10.2. The first-order valence-electron chi connectivity index (χ1n) is 7.52. The third-order valence-electron chi connectivity index (χ3n) is 3.23. The van der Waals surface area contributed by atoms with Crippen LogP contribution in [0.15, 0.2) is 55.0 Å². The molecule has 1 aromatic carbocycles. The number of pyridine rings is 1. The van der Waals surface area contributed by atoms with Crippen molar-refractivity contribution in [3.63, 3.8) is 0 Å². The highest BCUT2D eigenvalue weighted by Crippen LogP contribution is 2.32. The van der Waals surface area contributed by atoms with Gasteiger partial charge in [0.1, 0.15) is 11.5 Å². The van der Waals surface area contributed by atoms with E-state index in [0.717, 1.165) is 0 Å². The van der Waals surface area contributed by atoms with Crippen LogP contribution in [0.3, 0.4) is 0 Å². The van der Waals surface area contributed by atoms with Gasteiger partial charge in [-0.25, -0.2) is 15.0 Å². The van der Waals surface area contributed by atoms with Crippen LogP contribution in [0.25, 0.3) is 11.4 Å². The second-order valence-electron chi connectivity index (χ2n) is 5.11. The molecule has 0 unspecified atom stereocenters. The van der Waals surface area contributed by atoms with Gasteiger partial charge in [0, 0.05) is 49.4 Å². The van der Waals surface area contributed by atoms with E-state index in [1.165, 1.54) is 6.92 Å². The smallest absolute Gasteiger partial charge is 0.230 e. The maximum atomic E-state index is 11.3. The van der Waals surface area contributed by atoms with Crippen molar-refractivity contribution in [2.24, 2.45) is 0 Å². The van der Waals surface area contributed by atoms with Gasteiger partial charge in [-0.2, -0.15) is 0 Å². The number of methoxy groups -OCH3 is 1. The van der Waals surface area contributed by atoms with Crippen LogP contribution in [0.2, 0.25) is 0 Å². The van der Waals surface area contributed by atoms with E-state index in [-0.39, 0.29) is 5.91 Å². The van der Waals surface area contributed by atoms with E-state index in [4.69, 9.17) is 9.47 Å². The largest absolute Gasteiger partial charge is 0.497 e. The highest BCUT2D eigenvalue weighted by Gasteiger charge is 2.12. The molecule has 2 heterocycles. The molecule has 0 bridgehead atoms. The molecule has 2 aromatic heterocycles. The highest BCUT2D eigenvalue weighted by molar-refractivity contribution is 5.89. The zero-order chi connectivity index (χ0) is 17.6. The highest BCUT2D eigenvalue weighted by atomic mass is 16.5. The summed E-state index contributed by atoms with van der Waals surface area (Å²) in [6.45, 7) is 1.43. The second kappa shape index (κ2) is 7.39. The van der Waals surface area contributed by atoms with Crippen molar-refractivity contribution in [1.82, 2.24) is 15.0 Å². The van der Waals surface area contributed by atoms with Crippen LogP contribution in [0.5, 0.6) is 17.4 Å². The number of carbonyl (C=O) groups excluding carboxylic acids is 1. The fourth-order valence-electron chi connectivity index (χ4n) is 2.22. The average molecular weight is 336 g/mol. The monoisotopic (exact) mass is 336 g/mol. The lowest BCUT2D eigenvalue weighted by atomic mass is 10.2. The van der Waals surface area contributed by atoms with E-state index in [0.29, 0.717) is 34.5 Å². The van der Waals surface area contributed by atoms with E-state index in [1.54, 1.807) is 56.0 Å². The predicted octanol–water partition coefficient (Wildman–Crippen LogP) is 3.30. The summed E-state index contributed by atoms with van der Waals surface area (Å²) in [5.74, 6) is 1.70. The van der Waals surface area contributed by atoms with E-state index < -0.39 is 0 Å². The van der Waals surface area contributed by atoms with Gasteiger partial charge >= 0.3 is 0 Å². The Kier molecular flexibility index (Phi) is 4.84. The van der Waals surface area contributed by atoms with E-state index in [1.807, 2.05) is 6.07 Å². The first-order chi connectivity index (χ1) is 12.2. The molecule has 0 fully saturated rings. The number of anilines is 1. The van der Waals surface area contributed by atoms with Crippen molar-refractivity contribution in [2.45, 2.75) is 6.92 Å². The molecule has 1 N–H and O–H groups in total. The third kappa shape index (κ3) is 4.08. The molecular weight excluding hydrogens is 320 g/mol. The fraction of sp³-hybridized carbons (Fsp3) is 0.111. The van der Waals surface area contributed by atoms with Crippen LogP contribution < -0.4 is 14.8 Å². The van der Waals surface area contributed by atoms with Gasteiger partial charge in [-0.1, -0.05) is 0 Å². The summed E-state index contributed by atoms with van der Waals surface area (Å²) in [4.78, 5) is 24.0. The number of benzene rings is 1. The Hall–Kier alpha value is -3.48. The molecule has 1 amide bonds. The average Bonchev–Trinajstić information content (AvgIpc) is 2.62. The minimum Gasteiger partial charge on any atom is -0.497 e. The van der Waals surface area contributed by atoms with Crippen LogP contribution in [-0.4, -0.2) is 28.0 Å². The number of aromatic nitrogens is 3. The summed E-state index contributed by atoms with van der Waals surface area (Å²) in [5, 5.41) is 2.71. The Morgan fingerprint density at radius 3 is 2.44 bits per heavy atom. The maximum absolute atomic E-state index is 11.3. The number of hydrogen-bond donors (Lipinski definition) is 1. The summed E-state index contributed by atoms with van der Waals surface area (Å²) in [5.41, 5.74) is 1.22. The Morgan fingerprint density at radius 1 is 1.00 bits per heavy atom. The predicted molar refractivity (Wildman–Crippen MR) is 92.6 cm³/mol. The molecule has 0 spiro atoms. The van der Waals surface area contributed by atoms with Gasteiger partial charge in [0.15, 0.2) is 5.82 Å². The molecule has 3 rings (SSSR count). The van der Waals surface area contributed by atoms with Crippen molar-refractivity contribution < 1.29 is 14.3 Å². The van der Waals surface area contributed by atoms with Gasteiger partial charge in [-0.3, -0.25) is 4.79 Å². The number of ether oxygens (including phenoxy) is 2. The quantitative estimate of drug-likeness (QED) is 0.769.